The molecule has 0 aliphatic heterocycles. The molecule has 0 aromatic heterocycles. The summed E-state index contributed by atoms with van der Waals surface area (Å²) in [7, 11) is 2.33. The minimum Gasteiger partial charge on any atom is -0.314 e. The van der Waals surface area contributed by atoms with Gasteiger partial charge in [0, 0.05) is 12.1 Å². The molecule has 2 fully saturated rings. The van der Waals surface area contributed by atoms with Crippen molar-refractivity contribution >= 4 is 0 Å². The van der Waals surface area contributed by atoms with Gasteiger partial charge in [-0.2, -0.15) is 0 Å². The molecular formula is C14H28N2. The van der Waals surface area contributed by atoms with Crippen LogP contribution in [0.5, 0.6) is 0 Å². The third-order valence-electron chi connectivity index (χ3n) is 4.15. The molecule has 1 N–H and O–H groups in total. The second-order valence-electron chi connectivity index (χ2n) is 5.71. The van der Waals surface area contributed by atoms with Gasteiger partial charge in [-0.05, 0) is 52.2 Å². The molecule has 2 aliphatic rings. The molecule has 0 atom stereocenters. The van der Waals surface area contributed by atoms with Crippen LogP contribution in [0.15, 0.2) is 0 Å². The first kappa shape index (κ1) is 12.4. The first-order valence-corrected chi connectivity index (χ1v) is 7.30. The van der Waals surface area contributed by atoms with Crippen molar-refractivity contribution in [2.75, 3.05) is 20.1 Å². The van der Waals surface area contributed by atoms with Crippen molar-refractivity contribution in [3.05, 3.63) is 0 Å². The van der Waals surface area contributed by atoms with Gasteiger partial charge in [0.05, 0.1) is 0 Å². The minimum absolute atomic E-state index is 0.878. The first-order chi connectivity index (χ1) is 7.86. The zero-order valence-corrected chi connectivity index (χ0v) is 10.9. The Morgan fingerprint density at radius 1 is 1.00 bits per heavy atom. The van der Waals surface area contributed by atoms with Crippen molar-refractivity contribution in [2.45, 2.75) is 69.9 Å². The summed E-state index contributed by atoms with van der Waals surface area (Å²) in [4.78, 5) is 2.61. The molecule has 2 heteroatoms. The summed E-state index contributed by atoms with van der Waals surface area (Å²) < 4.78 is 0. The largest absolute Gasteiger partial charge is 0.314 e. The van der Waals surface area contributed by atoms with Gasteiger partial charge in [-0.15, -0.1) is 0 Å². The number of rotatable bonds is 6. The van der Waals surface area contributed by atoms with Gasteiger partial charge >= 0.3 is 0 Å². The Hall–Kier alpha value is -0.0800. The zero-order chi connectivity index (χ0) is 11.2. The second-order valence-corrected chi connectivity index (χ2v) is 5.71. The summed E-state index contributed by atoms with van der Waals surface area (Å²) >= 11 is 0. The fourth-order valence-electron chi connectivity index (χ4n) is 2.80. The Morgan fingerprint density at radius 3 is 2.31 bits per heavy atom. The number of hydrogen-bond acceptors (Lipinski definition) is 2. The molecule has 0 radical (unpaired) electrons. The zero-order valence-electron chi connectivity index (χ0n) is 10.9. The van der Waals surface area contributed by atoms with Crippen molar-refractivity contribution in [3.63, 3.8) is 0 Å². The summed E-state index contributed by atoms with van der Waals surface area (Å²) in [6.45, 7) is 2.51. The summed E-state index contributed by atoms with van der Waals surface area (Å²) in [6.07, 6.45) is 12.9. The maximum atomic E-state index is 3.60. The van der Waals surface area contributed by atoms with E-state index in [0.717, 1.165) is 12.1 Å². The van der Waals surface area contributed by atoms with Crippen molar-refractivity contribution in [3.8, 4) is 0 Å². The van der Waals surface area contributed by atoms with E-state index in [1.165, 1.54) is 70.9 Å². The van der Waals surface area contributed by atoms with Crippen LogP contribution in [0, 0.1) is 0 Å². The van der Waals surface area contributed by atoms with Crippen LogP contribution in [0.2, 0.25) is 0 Å². The Kier molecular flexibility index (Phi) is 5.11. The van der Waals surface area contributed by atoms with E-state index in [1.54, 1.807) is 0 Å². The van der Waals surface area contributed by atoms with E-state index in [9.17, 15) is 0 Å². The molecule has 2 saturated carbocycles. The SMILES string of the molecule is CN(CCCNC1CC1)C1CCCCCC1. The number of hydrogen-bond donors (Lipinski definition) is 1. The molecule has 0 spiro atoms. The maximum absolute atomic E-state index is 3.60. The topological polar surface area (TPSA) is 15.3 Å². The fourth-order valence-corrected chi connectivity index (χ4v) is 2.80. The Morgan fingerprint density at radius 2 is 1.69 bits per heavy atom. The predicted octanol–water partition coefficient (Wildman–Crippen LogP) is 2.78. The molecule has 0 saturated heterocycles. The highest BCUT2D eigenvalue weighted by atomic mass is 15.1. The van der Waals surface area contributed by atoms with E-state index in [2.05, 4.69) is 17.3 Å². The van der Waals surface area contributed by atoms with E-state index in [1.807, 2.05) is 0 Å². The van der Waals surface area contributed by atoms with Crippen LogP contribution in [0.3, 0.4) is 0 Å². The normalized spacial score (nSPS) is 23.6. The highest BCUT2D eigenvalue weighted by molar-refractivity contribution is 4.80. The number of nitrogens with one attached hydrogen (secondary N) is 1. The summed E-state index contributed by atoms with van der Waals surface area (Å²) in [5.41, 5.74) is 0. The Balaban J connectivity index is 1.55. The number of nitrogens with zero attached hydrogens (tertiary/aromatic N) is 1. The van der Waals surface area contributed by atoms with Crippen LogP contribution in [0.4, 0.5) is 0 Å². The molecule has 2 rings (SSSR count). The van der Waals surface area contributed by atoms with Crippen LogP contribution in [0.25, 0.3) is 0 Å². The maximum Gasteiger partial charge on any atom is 0.00922 e. The van der Waals surface area contributed by atoms with Gasteiger partial charge in [0.15, 0.2) is 0 Å². The molecule has 0 unspecified atom stereocenters. The molecule has 0 aromatic rings. The van der Waals surface area contributed by atoms with E-state index in [4.69, 9.17) is 0 Å². The van der Waals surface area contributed by atoms with Gasteiger partial charge in [-0.25, -0.2) is 0 Å². The van der Waals surface area contributed by atoms with Crippen LogP contribution in [-0.2, 0) is 0 Å². The molecule has 16 heavy (non-hydrogen) atoms. The van der Waals surface area contributed by atoms with Crippen LogP contribution >= 0.6 is 0 Å². The molecule has 0 amide bonds. The lowest BCUT2D eigenvalue weighted by atomic mass is 10.1. The van der Waals surface area contributed by atoms with Gasteiger partial charge in [-0.1, -0.05) is 25.7 Å². The van der Waals surface area contributed by atoms with E-state index >= 15 is 0 Å². The summed E-state index contributed by atoms with van der Waals surface area (Å²) in [5.74, 6) is 0. The van der Waals surface area contributed by atoms with Gasteiger partial charge in [0.2, 0.25) is 0 Å². The second kappa shape index (κ2) is 6.61. The highest BCUT2D eigenvalue weighted by Gasteiger charge is 2.20. The average molecular weight is 224 g/mol. The minimum atomic E-state index is 0.878. The van der Waals surface area contributed by atoms with Crippen LogP contribution in [0.1, 0.15) is 57.8 Å². The van der Waals surface area contributed by atoms with E-state index < -0.39 is 0 Å². The van der Waals surface area contributed by atoms with Crippen LogP contribution in [-0.4, -0.2) is 37.1 Å². The first-order valence-electron chi connectivity index (χ1n) is 7.30. The van der Waals surface area contributed by atoms with Crippen molar-refractivity contribution in [2.24, 2.45) is 0 Å². The monoisotopic (exact) mass is 224 g/mol. The smallest absolute Gasteiger partial charge is 0.00922 e. The van der Waals surface area contributed by atoms with Gasteiger partial charge in [0.25, 0.3) is 0 Å². The third-order valence-corrected chi connectivity index (χ3v) is 4.15. The standard InChI is InChI=1S/C14H28N2/c1-16(12-6-11-15-13-9-10-13)14-7-4-2-3-5-8-14/h13-15H,2-12H2,1H3. The molecule has 2 nitrogen and oxygen atoms in total. The van der Waals surface area contributed by atoms with Crippen molar-refractivity contribution in [1.29, 1.82) is 0 Å². The van der Waals surface area contributed by atoms with Gasteiger partial charge in [-0.3, -0.25) is 0 Å². The Labute approximate surface area is 101 Å². The van der Waals surface area contributed by atoms with Gasteiger partial charge < -0.3 is 10.2 Å². The lowest BCUT2D eigenvalue weighted by molar-refractivity contribution is 0.218. The summed E-state index contributed by atoms with van der Waals surface area (Å²) in [5, 5.41) is 3.60. The summed E-state index contributed by atoms with van der Waals surface area (Å²) in [6, 6.07) is 1.76. The fraction of sp³-hybridized carbons (Fsp3) is 1.00. The average Bonchev–Trinajstić information content (AvgIpc) is 3.10. The molecule has 0 aromatic carbocycles. The molecule has 2 aliphatic carbocycles. The molecule has 0 heterocycles. The van der Waals surface area contributed by atoms with Crippen molar-refractivity contribution < 1.29 is 0 Å². The van der Waals surface area contributed by atoms with Gasteiger partial charge in [0.1, 0.15) is 0 Å². The third kappa shape index (κ3) is 4.42. The van der Waals surface area contributed by atoms with E-state index in [-0.39, 0.29) is 0 Å². The highest BCUT2D eigenvalue weighted by Crippen LogP contribution is 2.21. The Bertz CT molecular complexity index is 181. The van der Waals surface area contributed by atoms with Crippen LogP contribution < -0.4 is 5.32 Å². The molecule has 0 bridgehead atoms. The molecule has 94 valence electrons. The quantitative estimate of drug-likeness (QED) is 0.551. The predicted molar refractivity (Wildman–Crippen MR) is 69.8 cm³/mol. The van der Waals surface area contributed by atoms with E-state index in [0.29, 0.717) is 0 Å². The molecular weight excluding hydrogens is 196 g/mol. The lowest BCUT2D eigenvalue weighted by Crippen LogP contribution is -2.33. The van der Waals surface area contributed by atoms with Crippen molar-refractivity contribution in [1.82, 2.24) is 10.2 Å². The lowest BCUT2D eigenvalue weighted by Gasteiger charge is -2.27.